The van der Waals surface area contributed by atoms with Crippen molar-refractivity contribution in [2.24, 2.45) is 0 Å². The van der Waals surface area contributed by atoms with E-state index in [0.29, 0.717) is 0 Å². The van der Waals surface area contributed by atoms with E-state index in [-0.39, 0.29) is 12.0 Å². The minimum atomic E-state index is -0.403. The van der Waals surface area contributed by atoms with Gasteiger partial charge in [-0.1, -0.05) is 49.6 Å². The van der Waals surface area contributed by atoms with Crippen molar-refractivity contribution in [2.45, 2.75) is 64.4 Å². The first kappa shape index (κ1) is 18.5. The van der Waals surface area contributed by atoms with Crippen LogP contribution in [0.3, 0.4) is 0 Å². The van der Waals surface area contributed by atoms with Crippen LogP contribution in [0.5, 0.6) is 5.75 Å². The number of carbonyl (C=O) groups excluding carboxylic acids is 1. The molecule has 1 fully saturated rings. The minimum absolute atomic E-state index is 0.106. The third-order valence-electron chi connectivity index (χ3n) is 5.52. The molecule has 3 rings (SSSR count). The molecule has 1 aliphatic carbocycles. The number of rotatable bonds is 6. The van der Waals surface area contributed by atoms with Gasteiger partial charge in [0.1, 0.15) is 5.75 Å². The van der Waals surface area contributed by atoms with Gasteiger partial charge < -0.3 is 10.1 Å². The second-order valence-electron chi connectivity index (χ2n) is 7.47. The number of benzene rings is 2. The fourth-order valence-corrected chi connectivity index (χ4v) is 3.68. The van der Waals surface area contributed by atoms with Crippen molar-refractivity contribution >= 4 is 11.6 Å². The quantitative estimate of drug-likeness (QED) is 0.733. The van der Waals surface area contributed by atoms with Crippen molar-refractivity contribution in [3.63, 3.8) is 0 Å². The second-order valence-corrected chi connectivity index (χ2v) is 7.47. The molecule has 2 aromatic rings. The van der Waals surface area contributed by atoms with E-state index in [1.807, 2.05) is 24.3 Å². The van der Waals surface area contributed by atoms with Crippen molar-refractivity contribution in [1.82, 2.24) is 0 Å². The summed E-state index contributed by atoms with van der Waals surface area (Å²) in [5, 5.41) is 3.14. The van der Waals surface area contributed by atoms with Crippen molar-refractivity contribution < 1.29 is 9.53 Å². The summed E-state index contributed by atoms with van der Waals surface area (Å²) in [5.41, 5.74) is 2.78. The summed E-state index contributed by atoms with van der Waals surface area (Å²) in [6.07, 6.45) is 5.19. The van der Waals surface area contributed by atoms with Crippen LogP contribution >= 0.6 is 0 Å². The van der Waals surface area contributed by atoms with Gasteiger partial charge in [0.2, 0.25) is 5.91 Å². The molecule has 2 aromatic carbocycles. The second kappa shape index (κ2) is 7.94. The predicted octanol–water partition coefficient (Wildman–Crippen LogP) is 5.62. The molecule has 0 aromatic heterocycles. The van der Waals surface area contributed by atoms with E-state index in [1.165, 1.54) is 5.56 Å². The highest BCUT2D eigenvalue weighted by Gasteiger charge is 2.42. The number of ether oxygens (including phenoxy) is 1. The van der Waals surface area contributed by atoms with Gasteiger partial charge in [-0.15, -0.1) is 0 Å². The Morgan fingerprint density at radius 3 is 2.27 bits per heavy atom. The Morgan fingerprint density at radius 1 is 1.08 bits per heavy atom. The number of carbonyl (C=O) groups is 1. The maximum absolute atomic E-state index is 13.2. The summed E-state index contributed by atoms with van der Waals surface area (Å²) in [6, 6.07) is 16.1. The molecule has 1 amide bonds. The summed E-state index contributed by atoms with van der Waals surface area (Å²) in [7, 11) is 0. The Labute approximate surface area is 156 Å². The Kier molecular flexibility index (Phi) is 5.65. The topological polar surface area (TPSA) is 38.3 Å². The van der Waals surface area contributed by atoms with Crippen LogP contribution in [-0.4, -0.2) is 12.0 Å². The Balaban J connectivity index is 1.75. The average Bonchev–Trinajstić information content (AvgIpc) is 3.15. The summed E-state index contributed by atoms with van der Waals surface area (Å²) in [5.74, 6) is 0.945. The van der Waals surface area contributed by atoms with Crippen molar-refractivity contribution in [2.75, 3.05) is 5.32 Å². The first-order chi connectivity index (χ1) is 12.5. The third kappa shape index (κ3) is 3.92. The zero-order chi connectivity index (χ0) is 18.6. The summed E-state index contributed by atoms with van der Waals surface area (Å²) >= 11 is 0. The standard InChI is InChI=1S/C23H29NO2/c1-4-18(3)26-21-13-11-20(12-14-21)24-22(25)23(15-5-6-16-23)19-9-7-17(2)8-10-19/h7-14,18H,4-6,15-16H2,1-3H3,(H,24,25). The monoisotopic (exact) mass is 351 g/mol. The van der Waals surface area contributed by atoms with Crippen molar-refractivity contribution in [3.05, 3.63) is 59.7 Å². The van der Waals surface area contributed by atoms with Gasteiger partial charge in [-0.05, 0) is 62.9 Å². The molecule has 0 bridgehead atoms. The summed E-state index contributed by atoms with van der Waals surface area (Å²) < 4.78 is 5.81. The minimum Gasteiger partial charge on any atom is -0.491 e. The maximum Gasteiger partial charge on any atom is 0.235 e. The zero-order valence-electron chi connectivity index (χ0n) is 16.0. The highest BCUT2D eigenvalue weighted by molar-refractivity contribution is 5.99. The molecule has 0 radical (unpaired) electrons. The number of nitrogens with one attached hydrogen (secondary N) is 1. The molecule has 0 saturated heterocycles. The van der Waals surface area contributed by atoms with E-state index < -0.39 is 5.41 Å². The molecule has 3 nitrogen and oxygen atoms in total. The highest BCUT2D eigenvalue weighted by atomic mass is 16.5. The molecule has 0 spiro atoms. The lowest BCUT2D eigenvalue weighted by Crippen LogP contribution is -2.38. The summed E-state index contributed by atoms with van der Waals surface area (Å²) in [6.45, 7) is 6.24. The van der Waals surface area contributed by atoms with Crippen LogP contribution in [0.4, 0.5) is 5.69 Å². The average molecular weight is 351 g/mol. The Hall–Kier alpha value is -2.29. The Morgan fingerprint density at radius 2 is 1.69 bits per heavy atom. The predicted molar refractivity (Wildman–Crippen MR) is 107 cm³/mol. The molecule has 0 heterocycles. The van der Waals surface area contributed by atoms with Crippen LogP contribution in [-0.2, 0) is 10.2 Å². The molecule has 1 unspecified atom stereocenters. The number of hydrogen-bond acceptors (Lipinski definition) is 2. The molecule has 1 aliphatic rings. The smallest absolute Gasteiger partial charge is 0.235 e. The van der Waals surface area contributed by atoms with E-state index in [2.05, 4.69) is 50.4 Å². The SMILES string of the molecule is CCC(C)Oc1ccc(NC(=O)C2(c3ccc(C)cc3)CCCC2)cc1. The first-order valence-corrected chi connectivity index (χ1v) is 9.69. The maximum atomic E-state index is 13.2. The van der Waals surface area contributed by atoms with Gasteiger partial charge in [-0.2, -0.15) is 0 Å². The summed E-state index contributed by atoms with van der Waals surface area (Å²) in [4.78, 5) is 13.2. The van der Waals surface area contributed by atoms with Gasteiger partial charge >= 0.3 is 0 Å². The lowest BCUT2D eigenvalue weighted by atomic mass is 9.77. The van der Waals surface area contributed by atoms with E-state index in [1.54, 1.807) is 0 Å². The van der Waals surface area contributed by atoms with Crippen LogP contribution in [0, 0.1) is 6.92 Å². The molecular weight excluding hydrogens is 322 g/mol. The van der Waals surface area contributed by atoms with E-state index in [0.717, 1.165) is 49.1 Å². The molecule has 1 saturated carbocycles. The molecule has 0 aliphatic heterocycles. The number of aryl methyl sites for hydroxylation is 1. The fraction of sp³-hybridized carbons (Fsp3) is 0.435. The van der Waals surface area contributed by atoms with Crippen molar-refractivity contribution in [1.29, 1.82) is 0 Å². The van der Waals surface area contributed by atoms with Crippen LogP contribution in [0.2, 0.25) is 0 Å². The fourth-order valence-electron chi connectivity index (χ4n) is 3.68. The van der Waals surface area contributed by atoms with Crippen LogP contribution in [0.25, 0.3) is 0 Å². The van der Waals surface area contributed by atoms with Gasteiger partial charge in [-0.25, -0.2) is 0 Å². The normalized spacial score (nSPS) is 16.9. The number of amides is 1. The van der Waals surface area contributed by atoms with E-state index in [9.17, 15) is 4.79 Å². The lowest BCUT2D eigenvalue weighted by molar-refractivity contribution is -0.121. The molecular formula is C23H29NO2. The first-order valence-electron chi connectivity index (χ1n) is 9.69. The lowest BCUT2D eigenvalue weighted by Gasteiger charge is -2.28. The van der Waals surface area contributed by atoms with Gasteiger partial charge in [0.05, 0.1) is 11.5 Å². The highest BCUT2D eigenvalue weighted by Crippen LogP contribution is 2.42. The number of anilines is 1. The largest absolute Gasteiger partial charge is 0.491 e. The van der Waals surface area contributed by atoms with Gasteiger partial charge in [0.15, 0.2) is 0 Å². The van der Waals surface area contributed by atoms with Crippen molar-refractivity contribution in [3.8, 4) is 5.75 Å². The third-order valence-corrected chi connectivity index (χ3v) is 5.52. The van der Waals surface area contributed by atoms with Gasteiger partial charge in [0.25, 0.3) is 0 Å². The Bertz CT molecular complexity index is 728. The molecule has 1 atom stereocenters. The molecule has 1 N–H and O–H groups in total. The van der Waals surface area contributed by atoms with Crippen LogP contribution in [0.15, 0.2) is 48.5 Å². The molecule has 26 heavy (non-hydrogen) atoms. The van der Waals surface area contributed by atoms with Crippen LogP contribution < -0.4 is 10.1 Å². The van der Waals surface area contributed by atoms with Gasteiger partial charge in [-0.3, -0.25) is 4.79 Å². The van der Waals surface area contributed by atoms with E-state index in [4.69, 9.17) is 4.74 Å². The molecule has 138 valence electrons. The zero-order valence-corrected chi connectivity index (χ0v) is 16.0. The van der Waals surface area contributed by atoms with Crippen LogP contribution in [0.1, 0.15) is 57.1 Å². The van der Waals surface area contributed by atoms with E-state index >= 15 is 0 Å². The van der Waals surface area contributed by atoms with Gasteiger partial charge in [0, 0.05) is 5.69 Å². The molecule has 3 heteroatoms. The number of hydrogen-bond donors (Lipinski definition) is 1.